The molecule has 0 spiro atoms. The van der Waals surface area contributed by atoms with Crippen LogP contribution < -0.4 is 5.32 Å². The Balaban J connectivity index is 1.65. The van der Waals surface area contributed by atoms with Crippen molar-refractivity contribution in [1.29, 1.82) is 0 Å². The summed E-state index contributed by atoms with van der Waals surface area (Å²) < 4.78 is 1.71. The monoisotopic (exact) mass is 368 g/mol. The Hall–Kier alpha value is -1.95. The molecule has 2 heterocycles. The molecule has 0 aliphatic rings. The molecule has 23 heavy (non-hydrogen) atoms. The van der Waals surface area contributed by atoms with Crippen LogP contribution in [-0.2, 0) is 6.54 Å². The summed E-state index contributed by atoms with van der Waals surface area (Å²) in [6, 6.07) is 8.79. The van der Waals surface area contributed by atoms with E-state index < -0.39 is 0 Å². The SMILES string of the molecule is O=C(NCc1cnn(-c2ccc(Cl)cc2)c1)c1cc(Cl)c(Cl)[nH]1. The second-order valence-corrected chi connectivity index (χ2v) is 6.02. The average Bonchev–Trinajstić information content (AvgIpc) is 3.13. The van der Waals surface area contributed by atoms with Crippen molar-refractivity contribution < 1.29 is 4.79 Å². The zero-order chi connectivity index (χ0) is 16.4. The van der Waals surface area contributed by atoms with E-state index in [0.717, 1.165) is 11.3 Å². The number of carbonyl (C=O) groups excluding carboxylic acids is 1. The van der Waals surface area contributed by atoms with E-state index in [4.69, 9.17) is 34.8 Å². The van der Waals surface area contributed by atoms with Gasteiger partial charge < -0.3 is 10.3 Å². The van der Waals surface area contributed by atoms with Crippen LogP contribution >= 0.6 is 34.8 Å². The van der Waals surface area contributed by atoms with Crippen LogP contribution in [0.4, 0.5) is 0 Å². The van der Waals surface area contributed by atoms with E-state index in [2.05, 4.69) is 15.4 Å². The van der Waals surface area contributed by atoms with Crippen molar-refractivity contribution in [1.82, 2.24) is 20.1 Å². The Bertz CT molecular complexity index is 819. The van der Waals surface area contributed by atoms with Gasteiger partial charge in [-0.05, 0) is 30.3 Å². The molecule has 0 aliphatic carbocycles. The Kier molecular flexibility index (Phi) is 4.61. The van der Waals surface area contributed by atoms with Gasteiger partial charge in [-0.15, -0.1) is 0 Å². The van der Waals surface area contributed by atoms with Gasteiger partial charge in [-0.3, -0.25) is 4.79 Å². The zero-order valence-electron chi connectivity index (χ0n) is 11.7. The lowest BCUT2D eigenvalue weighted by molar-refractivity contribution is 0.0946. The summed E-state index contributed by atoms with van der Waals surface area (Å²) in [6.07, 6.45) is 3.52. The Labute approximate surface area is 147 Å². The largest absolute Gasteiger partial charge is 0.347 e. The molecule has 2 aromatic heterocycles. The predicted octanol–water partition coefficient (Wildman–Crippen LogP) is 4.09. The molecule has 5 nitrogen and oxygen atoms in total. The second-order valence-electron chi connectivity index (χ2n) is 4.80. The molecule has 0 atom stereocenters. The van der Waals surface area contributed by atoms with Gasteiger partial charge in [0, 0.05) is 23.3 Å². The van der Waals surface area contributed by atoms with E-state index in [0.29, 0.717) is 22.3 Å². The average molecular weight is 370 g/mol. The summed E-state index contributed by atoms with van der Waals surface area (Å²) in [6.45, 7) is 0.334. The van der Waals surface area contributed by atoms with E-state index in [9.17, 15) is 4.79 Å². The molecule has 2 N–H and O–H groups in total. The minimum absolute atomic E-state index is 0.243. The van der Waals surface area contributed by atoms with E-state index in [1.54, 1.807) is 23.0 Å². The molecule has 3 aromatic rings. The summed E-state index contributed by atoms with van der Waals surface area (Å²) in [5, 5.41) is 8.24. The smallest absolute Gasteiger partial charge is 0.268 e. The highest BCUT2D eigenvalue weighted by atomic mass is 35.5. The van der Waals surface area contributed by atoms with Crippen LogP contribution in [0.3, 0.4) is 0 Å². The molecule has 1 amide bonds. The van der Waals surface area contributed by atoms with Gasteiger partial charge in [0.15, 0.2) is 0 Å². The molecule has 0 unspecified atom stereocenters. The molecule has 0 saturated heterocycles. The van der Waals surface area contributed by atoms with E-state index in [-0.39, 0.29) is 11.1 Å². The van der Waals surface area contributed by atoms with Crippen LogP contribution in [0, 0.1) is 0 Å². The zero-order valence-corrected chi connectivity index (χ0v) is 14.0. The highest BCUT2D eigenvalue weighted by Crippen LogP contribution is 2.21. The van der Waals surface area contributed by atoms with Gasteiger partial charge in [0.2, 0.25) is 0 Å². The Morgan fingerprint density at radius 3 is 2.61 bits per heavy atom. The van der Waals surface area contributed by atoms with Crippen molar-refractivity contribution in [3.8, 4) is 5.69 Å². The molecule has 1 aromatic carbocycles. The van der Waals surface area contributed by atoms with Gasteiger partial charge in [-0.1, -0.05) is 34.8 Å². The first-order valence-electron chi connectivity index (χ1n) is 6.64. The molecule has 0 bridgehead atoms. The molecule has 0 fully saturated rings. The summed E-state index contributed by atoms with van der Waals surface area (Å²) in [5.74, 6) is -0.293. The maximum Gasteiger partial charge on any atom is 0.268 e. The maximum atomic E-state index is 12.0. The summed E-state index contributed by atoms with van der Waals surface area (Å²) in [5.41, 5.74) is 2.05. The predicted molar refractivity (Wildman–Crippen MR) is 90.6 cm³/mol. The molecule has 0 aliphatic heterocycles. The molecule has 0 saturated carbocycles. The lowest BCUT2D eigenvalue weighted by Gasteiger charge is -2.02. The number of aromatic nitrogens is 3. The van der Waals surface area contributed by atoms with E-state index in [1.807, 2.05) is 18.3 Å². The van der Waals surface area contributed by atoms with Crippen LogP contribution in [-0.4, -0.2) is 20.7 Å². The van der Waals surface area contributed by atoms with Crippen LogP contribution in [0.2, 0.25) is 15.2 Å². The summed E-state index contributed by atoms with van der Waals surface area (Å²) in [7, 11) is 0. The van der Waals surface area contributed by atoms with Crippen LogP contribution in [0.1, 0.15) is 16.1 Å². The van der Waals surface area contributed by atoms with Gasteiger partial charge in [-0.25, -0.2) is 4.68 Å². The standard InChI is InChI=1S/C15H11Cl3N4O/c16-10-1-3-11(4-2-10)22-8-9(7-20-22)6-19-15(23)13-5-12(17)14(18)21-13/h1-5,7-8,21H,6H2,(H,19,23). The summed E-state index contributed by atoms with van der Waals surface area (Å²) in [4.78, 5) is 14.7. The number of aromatic amines is 1. The normalized spacial score (nSPS) is 10.7. The first-order chi connectivity index (χ1) is 11.0. The topological polar surface area (TPSA) is 62.7 Å². The van der Waals surface area contributed by atoms with Crippen molar-refractivity contribution in [3.63, 3.8) is 0 Å². The Morgan fingerprint density at radius 1 is 1.22 bits per heavy atom. The minimum atomic E-state index is -0.293. The van der Waals surface area contributed by atoms with Gasteiger partial charge in [0.25, 0.3) is 5.91 Å². The minimum Gasteiger partial charge on any atom is -0.347 e. The Morgan fingerprint density at radius 2 is 1.96 bits per heavy atom. The number of amides is 1. The van der Waals surface area contributed by atoms with Crippen LogP contribution in [0.25, 0.3) is 5.69 Å². The number of hydrogen-bond acceptors (Lipinski definition) is 2. The lowest BCUT2D eigenvalue weighted by atomic mass is 10.3. The number of H-pyrrole nitrogens is 1. The third-order valence-electron chi connectivity index (χ3n) is 3.15. The number of nitrogens with one attached hydrogen (secondary N) is 2. The third kappa shape index (κ3) is 3.69. The molecule has 8 heteroatoms. The van der Waals surface area contributed by atoms with Crippen molar-refractivity contribution in [2.75, 3.05) is 0 Å². The quantitative estimate of drug-likeness (QED) is 0.727. The molecule has 118 valence electrons. The number of nitrogens with zero attached hydrogens (tertiary/aromatic N) is 2. The molecular formula is C15H11Cl3N4O. The molecule has 3 rings (SSSR count). The maximum absolute atomic E-state index is 12.0. The number of halogens is 3. The first kappa shape index (κ1) is 15.9. The second kappa shape index (κ2) is 6.66. The van der Waals surface area contributed by atoms with Gasteiger partial charge >= 0.3 is 0 Å². The molecule has 0 radical (unpaired) electrons. The fraction of sp³-hybridized carbons (Fsp3) is 0.0667. The third-order valence-corrected chi connectivity index (χ3v) is 4.09. The summed E-state index contributed by atoms with van der Waals surface area (Å²) >= 11 is 17.5. The van der Waals surface area contributed by atoms with Crippen LogP contribution in [0.15, 0.2) is 42.7 Å². The lowest BCUT2D eigenvalue weighted by Crippen LogP contribution is -2.22. The highest BCUT2D eigenvalue weighted by molar-refractivity contribution is 6.41. The fourth-order valence-electron chi connectivity index (χ4n) is 1.99. The van der Waals surface area contributed by atoms with Crippen molar-refractivity contribution in [2.24, 2.45) is 0 Å². The van der Waals surface area contributed by atoms with Gasteiger partial charge in [0.1, 0.15) is 10.8 Å². The van der Waals surface area contributed by atoms with Crippen molar-refractivity contribution in [3.05, 3.63) is 69.2 Å². The number of benzene rings is 1. The van der Waals surface area contributed by atoms with Gasteiger partial charge in [0.05, 0.1) is 16.9 Å². The number of hydrogen-bond donors (Lipinski definition) is 2. The van der Waals surface area contributed by atoms with Crippen molar-refractivity contribution >= 4 is 40.7 Å². The van der Waals surface area contributed by atoms with Crippen molar-refractivity contribution in [2.45, 2.75) is 6.54 Å². The first-order valence-corrected chi connectivity index (χ1v) is 7.78. The number of rotatable bonds is 4. The number of carbonyl (C=O) groups is 1. The highest BCUT2D eigenvalue weighted by Gasteiger charge is 2.11. The van der Waals surface area contributed by atoms with E-state index in [1.165, 1.54) is 6.07 Å². The van der Waals surface area contributed by atoms with Gasteiger partial charge in [-0.2, -0.15) is 5.10 Å². The van der Waals surface area contributed by atoms with Crippen LogP contribution in [0.5, 0.6) is 0 Å². The van der Waals surface area contributed by atoms with E-state index >= 15 is 0 Å². The fourth-order valence-corrected chi connectivity index (χ4v) is 2.43. The molecular weight excluding hydrogens is 359 g/mol.